The molecular formula is C23H26N4O. The van der Waals surface area contributed by atoms with Gasteiger partial charge in [0.05, 0.1) is 0 Å². The Kier molecular flexibility index (Phi) is 5.53. The van der Waals surface area contributed by atoms with Crippen LogP contribution in [0.15, 0.2) is 60.8 Å². The topological polar surface area (TPSA) is 61.1 Å². The zero-order valence-corrected chi connectivity index (χ0v) is 16.0. The van der Waals surface area contributed by atoms with Gasteiger partial charge in [0.2, 0.25) is 5.91 Å². The van der Waals surface area contributed by atoms with Gasteiger partial charge in [0.15, 0.2) is 0 Å². The van der Waals surface area contributed by atoms with E-state index >= 15 is 0 Å². The summed E-state index contributed by atoms with van der Waals surface area (Å²) in [7, 11) is 0. The number of nitrogens with zero attached hydrogens (tertiary/aromatic N) is 2. The lowest BCUT2D eigenvalue weighted by molar-refractivity contribution is -0.122. The SMILES string of the molecule is N=Cc1cn(CC(=O)NC2CCN(Cc3ccccc3)CC2)c2ccccc12. The molecule has 2 aromatic carbocycles. The van der Waals surface area contributed by atoms with Crippen LogP contribution >= 0.6 is 0 Å². The van der Waals surface area contributed by atoms with Gasteiger partial charge in [0.25, 0.3) is 0 Å². The van der Waals surface area contributed by atoms with E-state index in [1.165, 1.54) is 11.8 Å². The van der Waals surface area contributed by atoms with E-state index in [1.807, 2.05) is 41.1 Å². The molecule has 1 saturated heterocycles. The zero-order chi connectivity index (χ0) is 19.3. The van der Waals surface area contributed by atoms with Crippen LogP contribution < -0.4 is 5.32 Å². The molecule has 1 aromatic heterocycles. The van der Waals surface area contributed by atoms with Crippen molar-refractivity contribution < 1.29 is 4.79 Å². The molecule has 3 aromatic rings. The molecule has 5 nitrogen and oxygen atoms in total. The fourth-order valence-electron chi connectivity index (χ4n) is 4.03. The Bertz CT molecular complexity index is 955. The second-order valence-corrected chi connectivity index (χ2v) is 7.48. The molecule has 144 valence electrons. The van der Waals surface area contributed by atoms with E-state index in [0.29, 0.717) is 6.54 Å². The maximum atomic E-state index is 12.6. The van der Waals surface area contributed by atoms with Gasteiger partial charge >= 0.3 is 0 Å². The number of fused-ring (bicyclic) bond motifs is 1. The zero-order valence-electron chi connectivity index (χ0n) is 16.0. The molecule has 0 spiro atoms. The number of carbonyl (C=O) groups is 1. The molecule has 28 heavy (non-hydrogen) atoms. The molecule has 0 bridgehead atoms. The van der Waals surface area contributed by atoms with E-state index < -0.39 is 0 Å². The molecule has 0 aliphatic carbocycles. The Hall–Kier alpha value is -2.92. The standard InChI is InChI=1S/C23H26N4O/c24-14-19-16-27(22-9-5-4-8-21(19)22)17-23(28)25-20-10-12-26(13-11-20)15-18-6-2-1-3-7-18/h1-9,14,16,20,24H,10-13,15,17H2,(H,25,28). The number of rotatable bonds is 6. The minimum Gasteiger partial charge on any atom is -0.352 e. The highest BCUT2D eigenvalue weighted by molar-refractivity contribution is 5.98. The molecule has 0 radical (unpaired) electrons. The van der Waals surface area contributed by atoms with E-state index in [4.69, 9.17) is 5.41 Å². The smallest absolute Gasteiger partial charge is 0.240 e. The number of likely N-dealkylation sites (tertiary alicyclic amines) is 1. The van der Waals surface area contributed by atoms with Gasteiger partial charge in [-0.05, 0) is 24.5 Å². The number of hydrogen-bond acceptors (Lipinski definition) is 3. The number of benzene rings is 2. The number of para-hydroxylation sites is 1. The molecule has 1 aliphatic heterocycles. The molecule has 0 unspecified atom stereocenters. The third-order valence-electron chi connectivity index (χ3n) is 5.49. The van der Waals surface area contributed by atoms with Gasteiger partial charge in [-0.25, -0.2) is 0 Å². The summed E-state index contributed by atoms with van der Waals surface area (Å²) in [5.41, 5.74) is 3.18. The van der Waals surface area contributed by atoms with Gasteiger partial charge < -0.3 is 15.3 Å². The average molecular weight is 374 g/mol. The van der Waals surface area contributed by atoms with Crippen LogP contribution in [0.1, 0.15) is 24.0 Å². The highest BCUT2D eigenvalue weighted by Crippen LogP contribution is 2.20. The van der Waals surface area contributed by atoms with Gasteiger partial charge in [-0.15, -0.1) is 0 Å². The van der Waals surface area contributed by atoms with Crippen LogP contribution in [0.25, 0.3) is 10.9 Å². The number of hydrogen-bond donors (Lipinski definition) is 2. The fraction of sp³-hybridized carbons (Fsp3) is 0.304. The van der Waals surface area contributed by atoms with Crippen LogP contribution in [-0.4, -0.2) is 40.7 Å². The van der Waals surface area contributed by atoms with E-state index in [0.717, 1.165) is 48.9 Å². The lowest BCUT2D eigenvalue weighted by atomic mass is 10.0. The largest absolute Gasteiger partial charge is 0.352 e. The fourth-order valence-corrected chi connectivity index (χ4v) is 4.03. The highest BCUT2D eigenvalue weighted by Gasteiger charge is 2.21. The average Bonchev–Trinajstić information content (AvgIpc) is 3.08. The van der Waals surface area contributed by atoms with Crippen LogP contribution in [0, 0.1) is 5.41 Å². The third-order valence-corrected chi connectivity index (χ3v) is 5.49. The molecule has 0 atom stereocenters. The second kappa shape index (κ2) is 8.40. The molecule has 5 heteroatoms. The monoisotopic (exact) mass is 374 g/mol. The Morgan fingerprint density at radius 1 is 1.07 bits per heavy atom. The molecule has 1 fully saturated rings. The van der Waals surface area contributed by atoms with E-state index in [-0.39, 0.29) is 11.9 Å². The molecule has 1 amide bonds. The lowest BCUT2D eigenvalue weighted by Crippen LogP contribution is -2.45. The van der Waals surface area contributed by atoms with Crippen molar-refractivity contribution in [2.75, 3.05) is 13.1 Å². The number of amides is 1. The van der Waals surface area contributed by atoms with E-state index in [1.54, 1.807) is 0 Å². The van der Waals surface area contributed by atoms with Gasteiger partial charge in [0, 0.05) is 54.6 Å². The summed E-state index contributed by atoms with van der Waals surface area (Å²) >= 11 is 0. The third kappa shape index (κ3) is 4.15. The van der Waals surface area contributed by atoms with Gasteiger partial charge in [0.1, 0.15) is 6.54 Å². The minimum atomic E-state index is 0.0405. The molecule has 0 saturated carbocycles. The Balaban J connectivity index is 1.31. The summed E-state index contributed by atoms with van der Waals surface area (Å²) in [4.78, 5) is 15.0. The summed E-state index contributed by atoms with van der Waals surface area (Å²) in [6.07, 6.45) is 5.20. The molecular weight excluding hydrogens is 348 g/mol. The predicted molar refractivity (Wildman–Crippen MR) is 113 cm³/mol. The van der Waals surface area contributed by atoms with Crippen molar-refractivity contribution in [3.8, 4) is 0 Å². The predicted octanol–water partition coefficient (Wildman–Crippen LogP) is 3.42. The van der Waals surface area contributed by atoms with Gasteiger partial charge in [-0.1, -0.05) is 48.5 Å². The maximum Gasteiger partial charge on any atom is 0.240 e. The van der Waals surface area contributed by atoms with E-state index in [9.17, 15) is 4.79 Å². The molecule has 2 N–H and O–H groups in total. The molecule has 1 aliphatic rings. The summed E-state index contributed by atoms with van der Waals surface area (Å²) in [5.74, 6) is 0.0405. The van der Waals surface area contributed by atoms with Crippen LogP contribution in [0.5, 0.6) is 0 Å². The van der Waals surface area contributed by atoms with Crippen molar-refractivity contribution in [1.29, 1.82) is 5.41 Å². The first-order chi connectivity index (χ1) is 13.7. The number of piperidine rings is 1. The van der Waals surface area contributed by atoms with Crippen molar-refractivity contribution in [2.45, 2.75) is 32.0 Å². The van der Waals surface area contributed by atoms with Crippen LogP contribution in [0.3, 0.4) is 0 Å². The quantitative estimate of drug-likeness (QED) is 0.650. The summed E-state index contributed by atoms with van der Waals surface area (Å²) in [5, 5.41) is 11.8. The first kappa shape index (κ1) is 18.4. The van der Waals surface area contributed by atoms with Crippen LogP contribution in [0.4, 0.5) is 0 Å². The number of nitrogens with one attached hydrogen (secondary N) is 2. The molecule has 2 heterocycles. The first-order valence-electron chi connectivity index (χ1n) is 9.87. The van der Waals surface area contributed by atoms with Gasteiger partial charge in [-0.2, -0.15) is 0 Å². The first-order valence-corrected chi connectivity index (χ1v) is 9.87. The Labute approximate surface area is 165 Å². The van der Waals surface area contributed by atoms with E-state index in [2.05, 4.69) is 34.5 Å². The van der Waals surface area contributed by atoms with Crippen molar-refractivity contribution >= 4 is 23.0 Å². The summed E-state index contributed by atoms with van der Waals surface area (Å²) in [6.45, 7) is 3.27. The lowest BCUT2D eigenvalue weighted by Gasteiger charge is -2.32. The number of aromatic nitrogens is 1. The maximum absolute atomic E-state index is 12.6. The van der Waals surface area contributed by atoms with Crippen molar-refractivity contribution in [3.05, 3.63) is 71.9 Å². The van der Waals surface area contributed by atoms with Gasteiger partial charge in [-0.3, -0.25) is 9.69 Å². The summed E-state index contributed by atoms with van der Waals surface area (Å²) < 4.78 is 1.94. The molecule has 4 rings (SSSR count). The minimum absolute atomic E-state index is 0.0405. The Morgan fingerprint density at radius 3 is 2.54 bits per heavy atom. The Morgan fingerprint density at radius 2 is 1.79 bits per heavy atom. The van der Waals surface area contributed by atoms with Crippen LogP contribution in [-0.2, 0) is 17.9 Å². The highest BCUT2D eigenvalue weighted by atomic mass is 16.2. The number of carbonyl (C=O) groups excluding carboxylic acids is 1. The van der Waals surface area contributed by atoms with Crippen LogP contribution in [0.2, 0.25) is 0 Å². The van der Waals surface area contributed by atoms with Crippen molar-refractivity contribution in [3.63, 3.8) is 0 Å². The van der Waals surface area contributed by atoms with Crippen molar-refractivity contribution in [1.82, 2.24) is 14.8 Å². The van der Waals surface area contributed by atoms with Crippen molar-refractivity contribution in [2.24, 2.45) is 0 Å². The second-order valence-electron chi connectivity index (χ2n) is 7.48. The normalized spacial score (nSPS) is 15.6. The summed E-state index contributed by atoms with van der Waals surface area (Å²) in [6, 6.07) is 18.7.